The molecule has 3 aromatic rings. The first-order chi connectivity index (χ1) is 12.0. The number of pyridine rings is 1. The van der Waals surface area contributed by atoms with E-state index in [1.54, 1.807) is 11.3 Å². The third-order valence-corrected chi connectivity index (χ3v) is 5.44. The molecule has 8 heteroatoms. The molecule has 25 heavy (non-hydrogen) atoms. The molecule has 3 N–H and O–H groups in total. The largest absolute Gasteiger partial charge is 0.346 e. The highest BCUT2D eigenvalue weighted by Crippen LogP contribution is 2.29. The van der Waals surface area contributed by atoms with Gasteiger partial charge in [0.1, 0.15) is 0 Å². The molecule has 2 unspecified atom stereocenters. The zero-order valence-corrected chi connectivity index (χ0v) is 15.0. The van der Waals surface area contributed by atoms with Crippen LogP contribution in [0.25, 0.3) is 21.7 Å². The number of hydrogen-bond donors (Lipinski definition) is 3. The van der Waals surface area contributed by atoms with Crippen LogP contribution in [-0.4, -0.2) is 34.2 Å². The van der Waals surface area contributed by atoms with Gasteiger partial charge in [0, 0.05) is 12.1 Å². The summed E-state index contributed by atoms with van der Waals surface area (Å²) in [5, 5.41) is 9.74. The van der Waals surface area contributed by atoms with Gasteiger partial charge in [0.2, 0.25) is 0 Å². The van der Waals surface area contributed by atoms with Crippen molar-refractivity contribution in [2.24, 2.45) is 0 Å². The Morgan fingerprint density at radius 2 is 2.08 bits per heavy atom. The van der Waals surface area contributed by atoms with Crippen LogP contribution in [0.5, 0.6) is 0 Å². The van der Waals surface area contributed by atoms with Crippen molar-refractivity contribution in [1.82, 2.24) is 26.3 Å². The quantitative estimate of drug-likeness (QED) is 0.666. The van der Waals surface area contributed by atoms with Crippen LogP contribution in [0.3, 0.4) is 0 Å². The number of nitrogens with zero attached hydrogens (tertiary/aromatic N) is 2. The fourth-order valence-corrected chi connectivity index (χ4v) is 3.87. The van der Waals surface area contributed by atoms with E-state index in [9.17, 15) is 4.79 Å². The standard InChI is InChI=1S/C17H19N5O2S/c1-8-14-11(16(23)19-15-9(2)20-21-10(15)3)7-12(13-5-4-6-25-13)18-17(14)24-22-8/h4-7,9-10,15,20-21H,1-3H3,(H,19,23). The zero-order valence-electron chi connectivity index (χ0n) is 14.2. The van der Waals surface area contributed by atoms with Crippen LogP contribution in [0.2, 0.25) is 0 Å². The number of hydrazine groups is 1. The summed E-state index contributed by atoms with van der Waals surface area (Å²) >= 11 is 1.57. The van der Waals surface area contributed by atoms with Gasteiger partial charge in [-0.15, -0.1) is 11.3 Å². The summed E-state index contributed by atoms with van der Waals surface area (Å²) < 4.78 is 5.33. The van der Waals surface area contributed by atoms with Crippen LogP contribution in [0.1, 0.15) is 29.9 Å². The Labute approximate surface area is 148 Å². The predicted octanol–water partition coefficient (Wildman–Crippen LogP) is 2.24. The van der Waals surface area contributed by atoms with Gasteiger partial charge in [0.15, 0.2) is 0 Å². The number of carbonyl (C=O) groups excluding carboxylic acids is 1. The molecule has 0 bridgehead atoms. The molecule has 0 radical (unpaired) electrons. The van der Waals surface area contributed by atoms with E-state index in [0.717, 1.165) is 4.88 Å². The molecular weight excluding hydrogens is 338 g/mol. The molecular formula is C17H19N5O2S. The smallest absolute Gasteiger partial charge is 0.259 e. The minimum absolute atomic E-state index is 0.0129. The number of aryl methyl sites for hydroxylation is 1. The molecule has 1 aliphatic rings. The second-order valence-electron chi connectivity index (χ2n) is 6.35. The number of nitrogens with one attached hydrogen (secondary N) is 3. The molecule has 0 saturated carbocycles. The number of carbonyl (C=O) groups is 1. The highest BCUT2D eigenvalue weighted by Gasteiger charge is 2.32. The predicted molar refractivity (Wildman–Crippen MR) is 96.3 cm³/mol. The van der Waals surface area contributed by atoms with Gasteiger partial charge in [-0.2, -0.15) is 0 Å². The van der Waals surface area contributed by atoms with Gasteiger partial charge in [-0.05, 0) is 38.3 Å². The summed E-state index contributed by atoms with van der Waals surface area (Å²) in [6, 6.07) is 6.00. The normalized spacial score (nSPS) is 23.2. The van der Waals surface area contributed by atoms with Crippen molar-refractivity contribution in [2.75, 3.05) is 0 Å². The second kappa shape index (κ2) is 6.21. The fourth-order valence-electron chi connectivity index (χ4n) is 3.18. The lowest BCUT2D eigenvalue weighted by atomic mass is 10.0. The lowest BCUT2D eigenvalue weighted by molar-refractivity contribution is 0.0933. The van der Waals surface area contributed by atoms with Gasteiger partial charge in [-0.3, -0.25) is 15.6 Å². The second-order valence-corrected chi connectivity index (χ2v) is 7.29. The van der Waals surface area contributed by atoms with Gasteiger partial charge in [-0.1, -0.05) is 11.2 Å². The Kier molecular flexibility index (Phi) is 4.03. The molecule has 1 saturated heterocycles. The molecule has 1 aliphatic heterocycles. The van der Waals surface area contributed by atoms with Crippen molar-refractivity contribution in [2.45, 2.75) is 38.9 Å². The Balaban J connectivity index is 1.77. The average molecular weight is 357 g/mol. The minimum atomic E-state index is -0.147. The highest BCUT2D eigenvalue weighted by atomic mass is 32.1. The summed E-state index contributed by atoms with van der Waals surface area (Å²) in [4.78, 5) is 18.5. The van der Waals surface area contributed by atoms with E-state index in [1.807, 2.05) is 44.4 Å². The monoisotopic (exact) mass is 357 g/mol. The van der Waals surface area contributed by atoms with Crippen LogP contribution < -0.4 is 16.2 Å². The van der Waals surface area contributed by atoms with E-state index in [1.165, 1.54) is 0 Å². The molecule has 7 nitrogen and oxygen atoms in total. The first-order valence-corrected chi connectivity index (χ1v) is 9.05. The molecule has 1 amide bonds. The fraction of sp³-hybridized carbons (Fsp3) is 0.353. The van der Waals surface area contributed by atoms with Gasteiger partial charge < -0.3 is 9.84 Å². The maximum Gasteiger partial charge on any atom is 0.259 e. The Hall–Kier alpha value is -2.29. The van der Waals surface area contributed by atoms with Crippen LogP contribution in [0.15, 0.2) is 28.1 Å². The molecule has 0 aromatic carbocycles. The first kappa shape index (κ1) is 16.2. The van der Waals surface area contributed by atoms with Gasteiger partial charge in [0.25, 0.3) is 11.6 Å². The van der Waals surface area contributed by atoms with Crippen molar-refractivity contribution in [3.05, 3.63) is 34.8 Å². The summed E-state index contributed by atoms with van der Waals surface area (Å²) in [5.74, 6) is -0.147. The number of fused-ring (bicyclic) bond motifs is 1. The third-order valence-electron chi connectivity index (χ3n) is 4.55. The topological polar surface area (TPSA) is 92.1 Å². The summed E-state index contributed by atoms with van der Waals surface area (Å²) in [6.45, 7) is 5.88. The number of hydrogen-bond acceptors (Lipinski definition) is 7. The van der Waals surface area contributed by atoms with Crippen molar-refractivity contribution in [1.29, 1.82) is 0 Å². The van der Waals surface area contributed by atoms with E-state index in [4.69, 9.17) is 4.52 Å². The maximum absolute atomic E-state index is 13.0. The van der Waals surface area contributed by atoms with Gasteiger partial charge >= 0.3 is 0 Å². The molecule has 4 heterocycles. The maximum atomic E-state index is 13.0. The Bertz CT molecular complexity index is 911. The van der Waals surface area contributed by atoms with Gasteiger partial charge in [-0.25, -0.2) is 4.98 Å². The van der Waals surface area contributed by atoms with Crippen LogP contribution in [0, 0.1) is 6.92 Å². The lowest BCUT2D eigenvalue weighted by Crippen LogP contribution is -2.46. The molecule has 3 aromatic heterocycles. The SMILES string of the molecule is Cc1noc2nc(-c3cccs3)cc(C(=O)NC3C(C)NNC3C)c12. The summed E-state index contributed by atoms with van der Waals surface area (Å²) in [7, 11) is 0. The Morgan fingerprint density at radius 1 is 1.32 bits per heavy atom. The van der Waals surface area contributed by atoms with Crippen molar-refractivity contribution >= 4 is 28.3 Å². The van der Waals surface area contributed by atoms with Crippen molar-refractivity contribution in [3.8, 4) is 10.6 Å². The molecule has 130 valence electrons. The Morgan fingerprint density at radius 3 is 2.76 bits per heavy atom. The van der Waals surface area contributed by atoms with Crippen LogP contribution in [-0.2, 0) is 0 Å². The molecule has 4 rings (SSSR count). The van der Waals surface area contributed by atoms with Crippen LogP contribution >= 0.6 is 11.3 Å². The molecule has 2 atom stereocenters. The van der Waals surface area contributed by atoms with Crippen molar-refractivity contribution in [3.63, 3.8) is 0 Å². The number of amides is 1. The molecule has 1 fully saturated rings. The van der Waals surface area contributed by atoms with Gasteiger partial charge in [0.05, 0.1) is 33.3 Å². The first-order valence-electron chi connectivity index (χ1n) is 8.17. The van der Waals surface area contributed by atoms with E-state index in [0.29, 0.717) is 28.1 Å². The van der Waals surface area contributed by atoms with Crippen molar-refractivity contribution < 1.29 is 9.32 Å². The molecule has 0 aliphatic carbocycles. The highest BCUT2D eigenvalue weighted by molar-refractivity contribution is 7.13. The number of aromatic nitrogens is 2. The summed E-state index contributed by atoms with van der Waals surface area (Å²) in [6.07, 6.45) is 0. The van der Waals surface area contributed by atoms with E-state index >= 15 is 0 Å². The van der Waals surface area contributed by atoms with E-state index in [-0.39, 0.29) is 24.0 Å². The average Bonchev–Trinajstić information content (AvgIpc) is 3.32. The van der Waals surface area contributed by atoms with E-state index < -0.39 is 0 Å². The minimum Gasteiger partial charge on any atom is -0.346 e. The van der Waals surface area contributed by atoms with Crippen LogP contribution in [0.4, 0.5) is 0 Å². The molecule has 0 spiro atoms. The van der Waals surface area contributed by atoms with E-state index in [2.05, 4.69) is 26.3 Å². The number of thiophene rings is 1. The lowest BCUT2D eigenvalue weighted by Gasteiger charge is -2.20. The third kappa shape index (κ3) is 2.82. The number of rotatable bonds is 3. The summed E-state index contributed by atoms with van der Waals surface area (Å²) in [5.41, 5.74) is 8.60. The zero-order chi connectivity index (χ0) is 17.6.